The summed E-state index contributed by atoms with van der Waals surface area (Å²) >= 11 is 6.20. The van der Waals surface area contributed by atoms with Crippen molar-refractivity contribution in [3.05, 3.63) is 64.6 Å². The maximum absolute atomic E-state index is 13.2. The molecule has 0 aliphatic heterocycles. The van der Waals surface area contributed by atoms with Crippen molar-refractivity contribution in [3.63, 3.8) is 0 Å². The first kappa shape index (κ1) is 24.7. The summed E-state index contributed by atoms with van der Waals surface area (Å²) in [4.78, 5) is 24.2. The quantitative estimate of drug-likeness (QED) is 0.274. The standard InChI is InChI=1S/C25H28ClFN2O4/c1-16(14-24(31)32)13-23(30)25-20-15-17(26)3-8-21(20)29(2)22(25)9-11-33-12-10-28-19-6-4-18(27)5-7-19/h3-8,15-16,28H,9-14H2,1-2H3,(H,31,32)/t16-/m0/s1. The molecule has 1 aromatic heterocycles. The van der Waals surface area contributed by atoms with Crippen molar-refractivity contribution in [2.45, 2.75) is 26.2 Å². The Morgan fingerprint density at radius 1 is 1.15 bits per heavy atom. The fraction of sp³-hybridized carbons (Fsp3) is 0.360. The minimum absolute atomic E-state index is 0.0588. The molecule has 2 aromatic carbocycles. The molecule has 0 fully saturated rings. The molecule has 6 nitrogen and oxygen atoms in total. The van der Waals surface area contributed by atoms with Crippen LogP contribution in [0.2, 0.25) is 5.02 Å². The van der Waals surface area contributed by atoms with Gasteiger partial charge in [-0.2, -0.15) is 0 Å². The smallest absolute Gasteiger partial charge is 0.303 e. The number of Topliss-reactive ketones (excluding diaryl/α,β-unsaturated/α-hetero) is 1. The van der Waals surface area contributed by atoms with Gasteiger partial charge < -0.3 is 19.7 Å². The summed E-state index contributed by atoms with van der Waals surface area (Å²) in [6, 6.07) is 11.6. The SMILES string of the molecule is C[C@H](CC(=O)O)CC(=O)c1c(CCOCCNc2ccc(F)cc2)n(C)c2ccc(Cl)cc12. The third-order valence-corrected chi connectivity index (χ3v) is 5.76. The van der Waals surface area contributed by atoms with Crippen molar-refractivity contribution in [1.29, 1.82) is 0 Å². The molecule has 33 heavy (non-hydrogen) atoms. The number of aromatic nitrogens is 1. The summed E-state index contributed by atoms with van der Waals surface area (Å²) in [5.74, 6) is -1.56. The zero-order valence-electron chi connectivity index (χ0n) is 18.7. The minimum Gasteiger partial charge on any atom is -0.481 e. The van der Waals surface area contributed by atoms with Crippen molar-refractivity contribution in [2.75, 3.05) is 25.1 Å². The molecule has 0 spiro atoms. The van der Waals surface area contributed by atoms with Gasteiger partial charge in [0.2, 0.25) is 0 Å². The molecule has 3 rings (SSSR count). The van der Waals surface area contributed by atoms with Gasteiger partial charge >= 0.3 is 5.97 Å². The molecule has 0 aliphatic rings. The molecule has 0 saturated carbocycles. The second-order valence-electron chi connectivity index (χ2n) is 8.17. The number of carboxylic acid groups (broad SMARTS) is 1. The van der Waals surface area contributed by atoms with Crippen molar-refractivity contribution in [3.8, 4) is 0 Å². The van der Waals surface area contributed by atoms with Gasteiger partial charge in [-0.25, -0.2) is 4.39 Å². The highest BCUT2D eigenvalue weighted by Crippen LogP contribution is 2.30. The van der Waals surface area contributed by atoms with Gasteiger partial charge in [0.1, 0.15) is 5.82 Å². The maximum atomic E-state index is 13.2. The van der Waals surface area contributed by atoms with Crippen LogP contribution in [0.1, 0.15) is 35.8 Å². The van der Waals surface area contributed by atoms with Gasteiger partial charge in [-0.3, -0.25) is 9.59 Å². The Morgan fingerprint density at radius 2 is 1.88 bits per heavy atom. The van der Waals surface area contributed by atoms with E-state index in [1.807, 2.05) is 17.7 Å². The van der Waals surface area contributed by atoms with Gasteiger partial charge in [0.15, 0.2) is 5.78 Å². The fourth-order valence-electron chi connectivity index (χ4n) is 3.97. The number of aliphatic carboxylic acids is 1. The van der Waals surface area contributed by atoms with Gasteiger partial charge in [-0.15, -0.1) is 0 Å². The summed E-state index contributed by atoms with van der Waals surface area (Å²) in [5, 5.41) is 13.5. The number of carbonyl (C=O) groups excluding carboxylic acids is 1. The van der Waals surface area contributed by atoms with E-state index in [-0.39, 0.29) is 30.4 Å². The Kier molecular flexibility index (Phi) is 8.47. The summed E-state index contributed by atoms with van der Waals surface area (Å²) in [6.45, 7) is 3.19. The highest BCUT2D eigenvalue weighted by molar-refractivity contribution is 6.31. The monoisotopic (exact) mass is 474 g/mol. The number of nitrogens with zero attached hydrogens (tertiary/aromatic N) is 1. The second-order valence-corrected chi connectivity index (χ2v) is 8.60. The Bertz CT molecular complexity index is 1130. The van der Waals surface area contributed by atoms with Crippen LogP contribution in [0.3, 0.4) is 0 Å². The highest BCUT2D eigenvalue weighted by atomic mass is 35.5. The number of halogens is 2. The van der Waals surface area contributed by atoms with Gasteiger partial charge in [0.05, 0.1) is 13.2 Å². The van der Waals surface area contributed by atoms with Crippen LogP contribution in [-0.2, 0) is 23.0 Å². The van der Waals surface area contributed by atoms with Crippen LogP contribution in [0, 0.1) is 11.7 Å². The molecule has 8 heteroatoms. The lowest BCUT2D eigenvalue weighted by molar-refractivity contribution is -0.137. The van der Waals surface area contributed by atoms with E-state index in [1.54, 1.807) is 31.2 Å². The predicted molar refractivity (Wildman–Crippen MR) is 128 cm³/mol. The van der Waals surface area contributed by atoms with E-state index < -0.39 is 5.97 Å². The number of nitrogens with one attached hydrogen (secondary N) is 1. The molecular weight excluding hydrogens is 447 g/mol. The number of aryl methyl sites for hydroxylation is 1. The van der Waals surface area contributed by atoms with E-state index in [9.17, 15) is 14.0 Å². The van der Waals surface area contributed by atoms with Crippen LogP contribution in [0.25, 0.3) is 10.9 Å². The molecule has 0 aliphatic carbocycles. The maximum Gasteiger partial charge on any atom is 0.303 e. The normalized spacial score (nSPS) is 12.1. The molecule has 0 unspecified atom stereocenters. The fourth-order valence-corrected chi connectivity index (χ4v) is 4.14. The van der Waals surface area contributed by atoms with Crippen LogP contribution in [0.15, 0.2) is 42.5 Å². The van der Waals surface area contributed by atoms with E-state index in [2.05, 4.69) is 5.32 Å². The van der Waals surface area contributed by atoms with Crippen molar-refractivity contribution in [2.24, 2.45) is 13.0 Å². The van der Waals surface area contributed by atoms with Crippen LogP contribution in [0.4, 0.5) is 10.1 Å². The third-order valence-electron chi connectivity index (χ3n) is 5.52. The van der Waals surface area contributed by atoms with Gasteiger partial charge in [-0.1, -0.05) is 18.5 Å². The number of carboxylic acids is 1. The molecule has 3 aromatic rings. The average Bonchev–Trinajstić information content (AvgIpc) is 3.02. The summed E-state index contributed by atoms with van der Waals surface area (Å²) in [7, 11) is 1.90. The van der Waals surface area contributed by atoms with E-state index in [4.69, 9.17) is 21.4 Å². The van der Waals surface area contributed by atoms with E-state index >= 15 is 0 Å². The molecule has 0 saturated heterocycles. The zero-order valence-corrected chi connectivity index (χ0v) is 19.5. The molecule has 1 atom stereocenters. The number of ether oxygens (including phenoxy) is 1. The van der Waals surface area contributed by atoms with Crippen LogP contribution < -0.4 is 5.32 Å². The molecule has 1 heterocycles. The first-order chi connectivity index (χ1) is 15.8. The molecular formula is C25H28ClFN2O4. The van der Waals surface area contributed by atoms with E-state index in [0.29, 0.717) is 36.8 Å². The number of anilines is 1. The zero-order chi connectivity index (χ0) is 24.0. The van der Waals surface area contributed by atoms with Crippen LogP contribution in [0.5, 0.6) is 0 Å². The van der Waals surface area contributed by atoms with E-state index in [1.165, 1.54) is 12.1 Å². The number of rotatable bonds is 12. The van der Waals surface area contributed by atoms with Crippen LogP contribution >= 0.6 is 11.6 Å². The topological polar surface area (TPSA) is 80.6 Å². The largest absolute Gasteiger partial charge is 0.481 e. The lowest BCUT2D eigenvalue weighted by atomic mass is 9.95. The summed E-state index contributed by atoms with van der Waals surface area (Å²) in [6.07, 6.45) is 0.609. The first-order valence-electron chi connectivity index (χ1n) is 10.8. The number of hydrogen-bond donors (Lipinski definition) is 2. The van der Waals surface area contributed by atoms with Gasteiger partial charge in [0.25, 0.3) is 0 Å². The Hall–Kier alpha value is -2.90. The molecule has 0 bridgehead atoms. The van der Waals surface area contributed by atoms with Crippen molar-refractivity contribution < 1.29 is 23.8 Å². The van der Waals surface area contributed by atoms with Crippen LogP contribution in [-0.4, -0.2) is 41.2 Å². The minimum atomic E-state index is -0.917. The molecule has 176 valence electrons. The number of fused-ring (bicyclic) bond motifs is 1. The number of carbonyl (C=O) groups is 2. The number of hydrogen-bond acceptors (Lipinski definition) is 4. The number of ketones is 1. The molecule has 2 N–H and O–H groups in total. The third kappa shape index (κ3) is 6.55. The average molecular weight is 475 g/mol. The van der Waals surface area contributed by atoms with E-state index in [0.717, 1.165) is 22.3 Å². The van der Waals surface area contributed by atoms with Crippen molar-refractivity contribution >= 4 is 39.9 Å². The number of benzene rings is 2. The first-order valence-corrected chi connectivity index (χ1v) is 11.2. The summed E-state index contributed by atoms with van der Waals surface area (Å²) in [5.41, 5.74) is 3.13. The van der Waals surface area contributed by atoms with Gasteiger partial charge in [0, 0.05) is 65.7 Å². The second kappa shape index (κ2) is 11.3. The van der Waals surface area contributed by atoms with Gasteiger partial charge in [-0.05, 0) is 48.4 Å². The summed E-state index contributed by atoms with van der Waals surface area (Å²) < 4.78 is 20.7. The molecule has 0 amide bonds. The Labute approximate surface area is 197 Å². The lowest BCUT2D eigenvalue weighted by Crippen LogP contribution is -2.15. The Morgan fingerprint density at radius 3 is 2.58 bits per heavy atom. The van der Waals surface area contributed by atoms with Crippen molar-refractivity contribution in [1.82, 2.24) is 4.57 Å². The Balaban J connectivity index is 1.67. The highest BCUT2D eigenvalue weighted by Gasteiger charge is 2.23. The predicted octanol–water partition coefficient (Wildman–Crippen LogP) is 5.33. The molecule has 0 radical (unpaired) electrons. The lowest BCUT2D eigenvalue weighted by Gasteiger charge is -2.11.